The molecule has 1 aliphatic heterocycles. The van der Waals surface area contributed by atoms with Crippen LogP contribution in [0.2, 0.25) is 0 Å². The lowest BCUT2D eigenvalue weighted by molar-refractivity contribution is -0.132. The number of piperidine rings is 1. The van der Waals surface area contributed by atoms with Crippen LogP contribution in [0.25, 0.3) is 0 Å². The topological polar surface area (TPSA) is 46.3 Å². The van der Waals surface area contributed by atoms with Gasteiger partial charge in [0.15, 0.2) is 0 Å². The molecule has 1 amide bonds. The van der Waals surface area contributed by atoms with Gasteiger partial charge in [0.25, 0.3) is 0 Å². The summed E-state index contributed by atoms with van der Waals surface area (Å²) in [6.45, 7) is 6.06. The van der Waals surface area contributed by atoms with Crippen LogP contribution in [-0.2, 0) is 4.79 Å². The van der Waals surface area contributed by atoms with E-state index in [1.165, 1.54) is 25.0 Å². The fraction of sp³-hybridized carbons (Fsp3) is 0.929. The van der Waals surface area contributed by atoms with E-state index in [0.717, 1.165) is 25.3 Å². The van der Waals surface area contributed by atoms with Crippen molar-refractivity contribution in [3.63, 3.8) is 0 Å². The Bertz CT molecular complexity index is 252. The lowest BCUT2D eigenvalue weighted by atomic mass is 9.92. The van der Waals surface area contributed by atoms with Crippen molar-refractivity contribution in [3.05, 3.63) is 0 Å². The summed E-state index contributed by atoms with van der Waals surface area (Å²) in [5.41, 5.74) is 5.94. The molecule has 1 fully saturated rings. The van der Waals surface area contributed by atoms with Crippen LogP contribution < -0.4 is 5.73 Å². The van der Waals surface area contributed by atoms with Crippen LogP contribution in [0, 0.1) is 5.92 Å². The van der Waals surface area contributed by atoms with Crippen LogP contribution in [0.1, 0.15) is 46.0 Å². The number of rotatable bonds is 7. The van der Waals surface area contributed by atoms with Gasteiger partial charge in [-0.2, -0.15) is 11.8 Å². The summed E-state index contributed by atoms with van der Waals surface area (Å²) in [7, 11) is 0. The second kappa shape index (κ2) is 10.8. The van der Waals surface area contributed by atoms with Gasteiger partial charge in [0.05, 0.1) is 0 Å². The third-order valence-corrected chi connectivity index (χ3v) is 4.73. The number of thioether (sulfide) groups is 1. The molecule has 2 atom stereocenters. The van der Waals surface area contributed by atoms with Gasteiger partial charge in [-0.25, -0.2) is 0 Å². The van der Waals surface area contributed by atoms with Crippen LogP contribution in [0.3, 0.4) is 0 Å². The molecule has 0 saturated carbocycles. The van der Waals surface area contributed by atoms with Gasteiger partial charge in [0, 0.05) is 31.3 Å². The third-order valence-electron chi connectivity index (χ3n) is 3.66. The van der Waals surface area contributed by atoms with Crippen molar-refractivity contribution in [2.75, 3.05) is 24.6 Å². The van der Waals surface area contributed by atoms with Crippen molar-refractivity contribution >= 4 is 30.1 Å². The summed E-state index contributed by atoms with van der Waals surface area (Å²) in [5, 5.41) is 0. The highest BCUT2D eigenvalue weighted by molar-refractivity contribution is 7.99. The summed E-state index contributed by atoms with van der Waals surface area (Å²) in [6, 6.07) is 0.208. The average Bonchev–Trinajstić information content (AvgIpc) is 2.38. The fourth-order valence-corrected chi connectivity index (χ4v) is 3.35. The van der Waals surface area contributed by atoms with E-state index in [0.29, 0.717) is 18.2 Å². The van der Waals surface area contributed by atoms with Crippen LogP contribution in [-0.4, -0.2) is 41.4 Å². The molecule has 2 N–H and O–H groups in total. The number of carbonyl (C=O) groups excluding carboxylic acids is 1. The summed E-state index contributed by atoms with van der Waals surface area (Å²) in [6.07, 6.45) is 5.48. The Hall–Kier alpha value is 0.0700. The van der Waals surface area contributed by atoms with Gasteiger partial charge in [-0.1, -0.05) is 13.3 Å². The molecule has 0 aromatic carbocycles. The third kappa shape index (κ3) is 7.42. The normalized spacial score (nSPS) is 20.8. The van der Waals surface area contributed by atoms with Crippen LogP contribution in [0.15, 0.2) is 0 Å². The van der Waals surface area contributed by atoms with E-state index in [1.54, 1.807) is 0 Å². The number of amides is 1. The molecule has 1 aliphatic rings. The summed E-state index contributed by atoms with van der Waals surface area (Å²) < 4.78 is 0. The summed E-state index contributed by atoms with van der Waals surface area (Å²) in [5.74, 6) is 2.98. The van der Waals surface area contributed by atoms with Crippen molar-refractivity contribution in [3.8, 4) is 0 Å². The summed E-state index contributed by atoms with van der Waals surface area (Å²) in [4.78, 5) is 14.1. The van der Waals surface area contributed by atoms with Crippen molar-refractivity contribution in [2.24, 2.45) is 11.7 Å². The Labute approximate surface area is 128 Å². The summed E-state index contributed by atoms with van der Waals surface area (Å²) >= 11 is 1.91. The van der Waals surface area contributed by atoms with Gasteiger partial charge in [-0.3, -0.25) is 4.79 Å². The Morgan fingerprint density at radius 3 is 2.84 bits per heavy atom. The molecule has 0 bridgehead atoms. The fourth-order valence-electron chi connectivity index (χ4n) is 2.33. The van der Waals surface area contributed by atoms with Crippen LogP contribution in [0.5, 0.6) is 0 Å². The second-order valence-electron chi connectivity index (χ2n) is 5.32. The number of carbonyl (C=O) groups is 1. The molecule has 1 heterocycles. The Morgan fingerprint density at radius 1 is 1.47 bits per heavy atom. The van der Waals surface area contributed by atoms with Crippen molar-refractivity contribution in [1.29, 1.82) is 0 Å². The molecule has 0 aromatic heterocycles. The minimum Gasteiger partial charge on any atom is -0.342 e. The first kappa shape index (κ1) is 19.1. The van der Waals surface area contributed by atoms with E-state index in [1.807, 2.05) is 16.7 Å². The quantitative estimate of drug-likeness (QED) is 0.736. The lowest BCUT2D eigenvalue weighted by Crippen LogP contribution is -2.45. The minimum atomic E-state index is 0. The predicted molar refractivity (Wildman–Crippen MR) is 87.1 cm³/mol. The Balaban J connectivity index is 0.00000324. The number of nitrogens with two attached hydrogens (primary N) is 1. The Kier molecular flexibility index (Phi) is 10.8. The van der Waals surface area contributed by atoms with Gasteiger partial charge in [0.2, 0.25) is 5.91 Å². The molecular formula is C14H29ClN2OS. The molecule has 5 heteroatoms. The highest BCUT2D eigenvalue weighted by Gasteiger charge is 2.25. The van der Waals surface area contributed by atoms with Gasteiger partial charge >= 0.3 is 0 Å². The highest BCUT2D eigenvalue weighted by Crippen LogP contribution is 2.19. The number of halogens is 1. The maximum Gasteiger partial charge on any atom is 0.223 e. The molecule has 1 saturated heterocycles. The van der Waals surface area contributed by atoms with Crippen molar-refractivity contribution in [2.45, 2.75) is 52.0 Å². The first-order chi connectivity index (χ1) is 8.65. The van der Waals surface area contributed by atoms with E-state index in [-0.39, 0.29) is 18.4 Å². The zero-order chi connectivity index (χ0) is 13.4. The van der Waals surface area contributed by atoms with E-state index < -0.39 is 0 Å². The van der Waals surface area contributed by atoms with Crippen LogP contribution in [0.4, 0.5) is 0 Å². The molecular weight excluding hydrogens is 280 g/mol. The van der Waals surface area contributed by atoms with Crippen molar-refractivity contribution < 1.29 is 4.79 Å². The molecule has 1 rings (SSSR count). The monoisotopic (exact) mass is 308 g/mol. The van der Waals surface area contributed by atoms with E-state index >= 15 is 0 Å². The number of unbranched alkanes of at least 4 members (excludes halogenated alkanes) is 1. The number of hydrogen-bond donors (Lipinski definition) is 1. The molecule has 2 unspecified atom stereocenters. The number of hydrogen-bond acceptors (Lipinski definition) is 3. The number of likely N-dealkylation sites (tertiary alicyclic amines) is 1. The Morgan fingerprint density at radius 2 is 2.21 bits per heavy atom. The van der Waals surface area contributed by atoms with Gasteiger partial charge in [-0.15, -0.1) is 12.4 Å². The molecule has 0 radical (unpaired) electrons. The smallest absolute Gasteiger partial charge is 0.223 e. The van der Waals surface area contributed by atoms with Crippen molar-refractivity contribution in [1.82, 2.24) is 4.90 Å². The van der Waals surface area contributed by atoms with Gasteiger partial charge in [-0.05, 0) is 37.9 Å². The zero-order valence-corrected chi connectivity index (χ0v) is 13.9. The van der Waals surface area contributed by atoms with E-state index in [2.05, 4.69) is 13.8 Å². The molecule has 114 valence electrons. The SMILES string of the molecule is CCCCSCCC(=O)N1CCCC(C(C)N)C1.Cl. The molecule has 0 aromatic rings. The lowest BCUT2D eigenvalue weighted by Gasteiger charge is -2.34. The largest absolute Gasteiger partial charge is 0.342 e. The van der Waals surface area contributed by atoms with Gasteiger partial charge < -0.3 is 10.6 Å². The first-order valence-corrected chi connectivity index (χ1v) is 8.41. The molecule has 19 heavy (non-hydrogen) atoms. The highest BCUT2D eigenvalue weighted by atomic mass is 35.5. The first-order valence-electron chi connectivity index (χ1n) is 7.26. The second-order valence-corrected chi connectivity index (χ2v) is 6.54. The van der Waals surface area contributed by atoms with E-state index in [4.69, 9.17) is 5.73 Å². The maximum absolute atomic E-state index is 12.1. The van der Waals surface area contributed by atoms with Gasteiger partial charge in [0.1, 0.15) is 0 Å². The standard InChI is InChI=1S/C14H28N2OS.ClH/c1-3-4-9-18-10-7-14(17)16-8-5-6-13(11-16)12(2)15;/h12-13H,3-11,15H2,1-2H3;1H. The van der Waals surface area contributed by atoms with E-state index in [9.17, 15) is 4.79 Å². The maximum atomic E-state index is 12.1. The zero-order valence-electron chi connectivity index (χ0n) is 12.3. The molecule has 0 aliphatic carbocycles. The molecule has 0 spiro atoms. The predicted octanol–water partition coefficient (Wildman–Crippen LogP) is 2.92. The minimum absolute atomic E-state index is 0. The number of nitrogens with zero attached hydrogens (tertiary/aromatic N) is 1. The molecule has 3 nitrogen and oxygen atoms in total. The van der Waals surface area contributed by atoms with Crippen LogP contribution >= 0.6 is 24.2 Å². The average molecular weight is 309 g/mol.